The molecule has 39 heavy (non-hydrogen) atoms. The third kappa shape index (κ3) is 7.23. The van der Waals surface area contributed by atoms with Crippen molar-refractivity contribution < 1.29 is 33.0 Å². The van der Waals surface area contributed by atoms with Crippen molar-refractivity contribution in [3.05, 3.63) is 88.6 Å². The molecule has 3 aromatic rings. The molecule has 1 heterocycles. The van der Waals surface area contributed by atoms with E-state index in [1.54, 1.807) is 30.3 Å². The zero-order valence-corrected chi connectivity index (χ0v) is 21.8. The molecule has 0 atom stereocenters. The summed E-state index contributed by atoms with van der Waals surface area (Å²) in [5.41, 5.74) is 2.57. The van der Waals surface area contributed by atoms with Crippen molar-refractivity contribution in [3.63, 3.8) is 0 Å². The molecule has 4 rings (SSSR count). The Bertz CT molecular complexity index is 1440. The van der Waals surface area contributed by atoms with Crippen LogP contribution in [0, 0.1) is 12.7 Å². The van der Waals surface area contributed by atoms with Gasteiger partial charge in [-0.25, -0.2) is 4.39 Å². The van der Waals surface area contributed by atoms with Crippen LogP contribution >= 0.6 is 11.8 Å². The summed E-state index contributed by atoms with van der Waals surface area (Å²) in [6.07, 6.45) is 1.51. The van der Waals surface area contributed by atoms with Crippen LogP contribution in [0.2, 0.25) is 0 Å². The number of hydrogen-bond acceptors (Lipinski definition) is 7. The predicted octanol–water partition coefficient (Wildman–Crippen LogP) is 4.84. The molecule has 11 heteroatoms. The van der Waals surface area contributed by atoms with E-state index < -0.39 is 35.3 Å². The van der Waals surface area contributed by atoms with Gasteiger partial charge in [-0.15, -0.1) is 0 Å². The largest absolute Gasteiger partial charge is 0.493 e. The number of thioether (sulfide) groups is 1. The first kappa shape index (κ1) is 27.4. The lowest BCUT2D eigenvalue weighted by molar-refractivity contribution is -0.127. The minimum atomic E-state index is -0.583. The van der Waals surface area contributed by atoms with Crippen molar-refractivity contribution >= 4 is 52.2 Å². The zero-order valence-electron chi connectivity index (χ0n) is 21.0. The van der Waals surface area contributed by atoms with Crippen LogP contribution in [-0.2, 0) is 14.4 Å². The molecule has 0 bridgehead atoms. The molecule has 1 fully saturated rings. The maximum Gasteiger partial charge on any atom is 0.294 e. The molecule has 1 aliphatic heterocycles. The number of carbonyl (C=O) groups excluding carboxylic acids is 4. The third-order valence-electron chi connectivity index (χ3n) is 5.48. The van der Waals surface area contributed by atoms with Gasteiger partial charge in [-0.3, -0.25) is 24.1 Å². The van der Waals surface area contributed by atoms with Gasteiger partial charge in [0.15, 0.2) is 18.1 Å². The molecular formula is C28H24FN3O6S. The average molecular weight is 550 g/mol. The number of aryl methyl sites for hydroxylation is 1. The standard InChI is InChI=1S/C28H24FN3O6S/c1-17-3-8-20(9-4-17)30-25(33)15-32-27(35)24(39-28(32)36)14-18-5-12-22(23(13-18)37-2)38-16-26(34)31-21-10-6-19(29)7-11-21/h3-14H,15-16H2,1-2H3,(H,30,33)(H,31,34)/b24-14+. The smallest absolute Gasteiger partial charge is 0.294 e. The maximum absolute atomic E-state index is 13.0. The fraction of sp³-hybridized carbons (Fsp3) is 0.143. The maximum atomic E-state index is 13.0. The number of rotatable bonds is 9. The van der Waals surface area contributed by atoms with Gasteiger partial charge in [0, 0.05) is 11.4 Å². The lowest BCUT2D eigenvalue weighted by atomic mass is 10.2. The molecular weight excluding hydrogens is 525 g/mol. The van der Waals surface area contributed by atoms with Crippen LogP contribution < -0.4 is 20.1 Å². The van der Waals surface area contributed by atoms with Crippen molar-refractivity contribution in [1.29, 1.82) is 0 Å². The van der Waals surface area contributed by atoms with E-state index in [1.807, 2.05) is 19.1 Å². The van der Waals surface area contributed by atoms with Gasteiger partial charge in [0.05, 0.1) is 12.0 Å². The van der Waals surface area contributed by atoms with Crippen LogP contribution in [-0.4, -0.2) is 48.1 Å². The Hall–Kier alpha value is -4.64. The third-order valence-corrected chi connectivity index (χ3v) is 6.39. The number of imide groups is 1. The van der Waals surface area contributed by atoms with Gasteiger partial charge in [0.2, 0.25) is 5.91 Å². The molecule has 1 saturated heterocycles. The number of benzene rings is 3. The SMILES string of the molecule is COc1cc(/C=C2/SC(=O)N(CC(=O)Nc3ccc(C)cc3)C2=O)ccc1OCC(=O)Nc1ccc(F)cc1. The molecule has 0 aliphatic carbocycles. The molecule has 0 aromatic heterocycles. The Morgan fingerprint density at radius 3 is 2.23 bits per heavy atom. The van der Waals surface area contributed by atoms with Crippen LogP contribution in [0.5, 0.6) is 11.5 Å². The summed E-state index contributed by atoms with van der Waals surface area (Å²) in [5, 5.41) is 4.71. The molecule has 200 valence electrons. The molecule has 9 nitrogen and oxygen atoms in total. The minimum absolute atomic E-state index is 0.150. The number of halogens is 1. The summed E-state index contributed by atoms with van der Waals surface area (Å²) in [4.78, 5) is 50.9. The van der Waals surface area contributed by atoms with E-state index in [2.05, 4.69) is 10.6 Å². The van der Waals surface area contributed by atoms with Gasteiger partial charge in [0.25, 0.3) is 17.1 Å². The van der Waals surface area contributed by atoms with E-state index >= 15 is 0 Å². The molecule has 3 aromatic carbocycles. The van der Waals surface area contributed by atoms with Gasteiger partial charge in [0.1, 0.15) is 12.4 Å². The fourth-order valence-electron chi connectivity index (χ4n) is 3.54. The Labute approximate surface area is 228 Å². The summed E-state index contributed by atoms with van der Waals surface area (Å²) in [5.74, 6) is -1.36. The highest BCUT2D eigenvalue weighted by Gasteiger charge is 2.36. The quantitative estimate of drug-likeness (QED) is 0.367. The molecule has 0 spiro atoms. The number of hydrogen-bond donors (Lipinski definition) is 2. The van der Waals surface area contributed by atoms with Gasteiger partial charge >= 0.3 is 0 Å². The molecule has 4 amide bonds. The second kappa shape index (κ2) is 12.3. The fourth-order valence-corrected chi connectivity index (χ4v) is 4.37. The Balaban J connectivity index is 1.37. The first-order valence-corrected chi connectivity index (χ1v) is 12.5. The second-order valence-corrected chi connectivity index (χ2v) is 9.43. The van der Waals surface area contributed by atoms with Crippen LogP contribution in [0.1, 0.15) is 11.1 Å². The second-order valence-electron chi connectivity index (χ2n) is 8.44. The number of anilines is 2. The number of nitrogens with one attached hydrogen (secondary N) is 2. The van der Waals surface area contributed by atoms with Crippen LogP contribution in [0.25, 0.3) is 6.08 Å². The summed E-state index contributed by atoms with van der Waals surface area (Å²) < 4.78 is 23.9. The van der Waals surface area contributed by atoms with E-state index in [0.29, 0.717) is 22.7 Å². The Morgan fingerprint density at radius 2 is 1.56 bits per heavy atom. The van der Waals surface area contributed by atoms with Crippen LogP contribution in [0.4, 0.5) is 20.6 Å². The van der Waals surface area contributed by atoms with Crippen molar-refractivity contribution in [2.75, 3.05) is 30.9 Å². The van der Waals surface area contributed by atoms with Crippen molar-refractivity contribution in [1.82, 2.24) is 4.90 Å². The number of nitrogens with zero attached hydrogens (tertiary/aromatic N) is 1. The number of methoxy groups -OCH3 is 1. The van der Waals surface area contributed by atoms with E-state index in [-0.39, 0.29) is 17.3 Å². The molecule has 0 saturated carbocycles. The number of amides is 4. The Kier molecular flexibility index (Phi) is 8.62. The average Bonchev–Trinajstić information content (AvgIpc) is 3.17. The van der Waals surface area contributed by atoms with E-state index in [9.17, 15) is 23.6 Å². The first-order valence-electron chi connectivity index (χ1n) is 11.7. The van der Waals surface area contributed by atoms with E-state index in [1.165, 1.54) is 37.5 Å². The highest BCUT2D eigenvalue weighted by atomic mass is 32.2. The van der Waals surface area contributed by atoms with Gasteiger partial charge in [-0.1, -0.05) is 23.8 Å². The monoisotopic (exact) mass is 549 g/mol. The molecule has 2 N–H and O–H groups in total. The minimum Gasteiger partial charge on any atom is -0.493 e. The normalized spacial score (nSPS) is 13.9. The topological polar surface area (TPSA) is 114 Å². The van der Waals surface area contributed by atoms with Crippen molar-refractivity contribution in [2.45, 2.75) is 6.92 Å². The highest BCUT2D eigenvalue weighted by Crippen LogP contribution is 2.34. The first-order chi connectivity index (χ1) is 18.7. The molecule has 0 unspecified atom stereocenters. The number of carbonyl (C=O) groups is 4. The molecule has 0 radical (unpaired) electrons. The van der Waals surface area contributed by atoms with Crippen LogP contribution in [0.15, 0.2) is 71.6 Å². The van der Waals surface area contributed by atoms with Crippen molar-refractivity contribution in [3.8, 4) is 11.5 Å². The van der Waals surface area contributed by atoms with E-state index in [4.69, 9.17) is 9.47 Å². The van der Waals surface area contributed by atoms with Crippen LogP contribution in [0.3, 0.4) is 0 Å². The molecule has 1 aliphatic rings. The summed E-state index contributed by atoms with van der Waals surface area (Å²) in [6, 6.07) is 17.3. The number of ether oxygens (including phenoxy) is 2. The summed E-state index contributed by atoms with van der Waals surface area (Å²) >= 11 is 0.731. The van der Waals surface area contributed by atoms with Gasteiger partial charge < -0.3 is 20.1 Å². The Morgan fingerprint density at radius 1 is 0.923 bits per heavy atom. The lowest BCUT2D eigenvalue weighted by Crippen LogP contribution is -2.36. The highest BCUT2D eigenvalue weighted by molar-refractivity contribution is 8.18. The zero-order chi connectivity index (χ0) is 27.9. The predicted molar refractivity (Wildman–Crippen MR) is 146 cm³/mol. The van der Waals surface area contributed by atoms with E-state index in [0.717, 1.165) is 22.2 Å². The summed E-state index contributed by atoms with van der Waals surface area (Å²) in [6.45, 7) is 1.19. The summed E-state index contributed by atoms with van der Waals surface area (Å²) in [7, 11) is 1.42. The van der Waals surface area contributed by atoms with Crippen molar-refractivity contribution in [2.24, 2.45) is 0 Å². The van der Waals surface area contributed by atoms with Gasteiger partial charge in [-0.05, 0) is 78.9 Å². The lowest BCUT2D eigenvalue weighted by Gasteiger charge is -2.13. The van der Waals surface area contributed by atoms with Gasteiger partial charge in [-0.2, -0.15) is 0 Å².